The summed E-state index contributed by atoms with van der Waals surface area (Å²) in [7, 11) is 0. The van der Waals surface area contributed by atoms with Gasteiger partial charge in [-0.15, -0.1) is 0 Å². The van der Waals surface area contributed by atoms with Crippen LogP contribution >= 0.6 is 22.6 Å². The minimum atomic E-state index is -0.304. The Kier molecular flexibility index (Phi) is 4.08. The zero-order chi connectivity index (χ0) is 9.84. The first-order chi connectivity index (χ1) is 6.19. The molecule has 1 aromatic carbocycles. The lowest BCUT2D eigenvalue weighted by atomic mass is 10.1. The Bertz CT molecular complexity index is 302. The van der Waals surface area contributed by atoms with E-state index < -0.39 is 0 Å². The summed E-state index contributed by atoms with van der Waals surface area (Å²) in [4.78, 5) is 0. The van der Waals surface area contributed by atoms with Crippen molar-refractivity contribution in [3.63, 3.8) is 0 Å². The van der Waals surface area contributed by atoms with Gasteiger partial charge in [-0.3, -0.25) is 0 Å². The number of aliphatic hydroxyl groups is 2. The third kappa shape index (κ3) is 2.62. The molecule has 2 N–H and O–H groups in total. The molecule has 0 spiro atoms. The van der Waals surface area contributed by atoms with Crippen molar-refractivity contribution in [1.82, 2.24) is 0 Å². The molecule has 0 amide bonds. The molecule has 4 heteroatoms. The van der Waals surface area contributed by atoms with Gasteiger partial charge in [-0.2, -0.15) is 0 Å². The summed E-state index contributed by atoms with van der Waals surface area (Å²) in [6.07, 6.45) is 0.379. The van der Waals surface area contributed by atoms with Crippen LogP contribution in [0.1, 0.15) is 11.1 Å². The Hall–Kier alpha value is -0.200. The van der Waals surface area contributed by atoms with Crippen LogP contribution in [-0.2, 0) is 13.0 Å². The van der Waals surface area contributed by atoms with Gasteiger partial charge in [0, 0.05) is 10.2 Å². The van der Waals surface area contributed by atoms with E-state index in [-0.39, 0.29) is 19.0 Å². The minimum absolute atomic E-state index is 0.0347. The van der Waals surface area contributed by atoms with Crippen LogP contribution in [0, 0.1) is 9.39 Å². The smallest absolute Gasteiger partial charge is 0.136 e. The Labute approximate surface area is 89.5 Å². The van der Waals surface area contributed by atoms with Crippen molar-refractivity contribution in [2.75, 3.05) is 6.61 Å². The average molecular weight is 296 g/mol. The van der Waals surface area contributed by atoms with Crippen LogP contribution in [0.4, 0.5) is 4.39 Å². The summed E-state index contributed by atoms with van der Waals surface area (Å²) >= 11 is 1.87. The molecule has 0 bridgehead atoms. The molecule has 0 aliphatic carbocycles. The van der Waals surface area contributed by atoms with E-state index in [0.29, 0.717) is 21.1 Å². The summed E-state index contributed by atoms with van der Waals surface area (Å²) in [6.45, 7) is -0.154. The van der Waals surface area contributed by atoms with Crippen LogP contribution in [-0.4, -0.2) is 16.8 Å². The van der Waals surface area contributed by atoms with Crippen LogP contribution < -0.4 is 0 Å². The summed E-state index contributed by atoms with van der Waals surface area (Å²) in [5.74, 6) is -0.304. The highest BCUT2D eigenvalue weighted by atomic mass is 127. The highest BCUT2D eigenvalue weighted by Gasteiger charge is 2.06. The monoisotopic (exact) mass is 296 g/mol. The highest BCUT2D eigenvalue weighted by Crippen LogP contribution is 2.18. The van der Waals surface area contributed by atoms with E-state index in [0.717, 1.165) is 0 Å². The third-order valence-electron chi connectivity index (χ3n) is 1.79. The molecule has 0 saturated heterocycles. The van der Waals surface area contributed by atoms with E-state index in [4.69, 9.17) is 10.2 Å². The Balaban J connectivity index is 3.09. The molecule has 2 nitrogen and oxygen atoms in total. The van der Waals surface area contributed by atoms with Gasteiger partial charge in [0.25, 0.3) is 0 Å². The molecule has 0 heterocycles. The number of rotatable bonds is 3. The summed E-state index contributed by atoms with van der Waals surface area (Å²) in [5.41, 5.74) is 1.35. The molecule has 0 radical (unpaired) electrons. The topological polar surface area (TPSA) is 40.5 Å². The van der Waals surface area contributed by atoms with E-state index >= 15 is 0 Å². The van der Waals surface area contributed by atoms with Crippen molar-refractivity contribution in [1.29, 1.82) is 0 Å². The lowest BCUT2D eigenvalue weighted by molar-refractivity contribution is 0.275. The maximum atomic E-state index is 13.0. The standard InChI is InChI=1S/C9H10FIO2/c10-8-3-6(1-2-12)7(5-13)4-9(8)11/h3-4,12-13H,1-2,5H2. The lowest BCUT2D eigenvalue weighted by Crippen LogP contribution is -2.00. The molecule has 1 rings (SSSR count). The van der Waals surface area contributed by atoms with Crippen molar-refractivity contribution in [3.8, 4) is 0 Å². The average Bonchev–Trinajstić information content (AvgIpc) is 2.11. The maximum Gasteiger partial charge on any atom is 0.136 e. The Morgan fingerprint density at radius 3 is 2.46 bits per heavy atom. The van der Waals surface area contributed by atoms with Gasteiger partial charge in [-0.25, -0.2) is 4.39 Å². The predicted octanol–water partition coefficient (Wildman–Crippen LogP) is 1.46. The van der Waals surface area contributed by atoms with Crippen molar-refractivity contribution in [2.45, 2.75) is 13.0 Å². The number of halogens is 2. The Morgan fingerprint density at radius 1 is 1.23 bits per heavy atom. The molecule has 0 aliphatic rings. The van der Waals surface area contributed by atoms with Gasteiger partial charge in [0.05, 0.1) is 6.61 Å². The fourth-order valence-corrected chi connectivity index (χ4v) is 1.66. The van der Waals surface area contributed by atoms with Crippen LogP contribution in [0.15, 0.2) is 12.1 Å². The lowest BCUT2D eigenvalue weighted by Gasteiger charge is -2.07. The molecular formula is C9H10FIO2. The SMILES string of the molecule is OCCc1cc(F)c(I)cc1CO. The molecule has 13 heavy (non-hydrogen) atoms. The van der Waals surface area contributed by atoms with Crippen LogP contribution in [0.2, 0.25) is 0 Å². The molecule has 0 saturated carbocycles. The first-order valence-electron chi connectivity index (χ1n) is 3.87. The first-order valence-corrected chi connectivity index (χ1v) is 4.95. The van der Waals surface area contributed by atoms with E-state index in [1.54, 1.807) is 6.07 Å². The van der Waals surface area contributed by atoms with Gasteiger partial charge in [-0.05, 0) is 52.3 Å². The van der Waals surface area contributed by atoms with Crippen molar-refractivity contribution in [3.05, 3.63) is 32.6 Å². The van der Waals surface area contributed by atoms with E-state index in [1.807, 2.05) is 22.6 Å². The van der Waals surface area contributed by atoms with Gasteiger partial charge in [-0.1, -0.05) is 0 Å². The normalized spacial score (nSPS) is 10.5. The fourth-order valence-electron chi connectivity index (χ4n) is 1.13. The Morgan fingerprint density at radius 2 is 1.92 bits per heavy atom. The molecule has 0 unspecified atom stereocenters. The quantitative estimate of drug-likeness (QED) is 0.829. The van der Waals surface area contributed by atoms with Gasteiger partial charge in [0.15, 0.2) is 0 Å². The highest BCUT2D eigenvalue weighted by molar-refractivity contribution is 14.1. The van der Waals surface area contributed by atoms with Crippen molar-refractivity contribution >= 4 is 22.6 Å². The number of hydrogen-bond donors (Lipinski definition) is 2. The zero-order valence-corrected chi connectivity index (χ0v) is 9.08. The molecular weight excluding hydrogens is 286 g/mol. The predicted molar refractivity (Wildman–Crippen MR) is 55.8 cm³/mol. The van der Waals surface area contributed by atoms with E-state index in [1.165, 1.54) is 6.07 Å². The van der Waals surface area contributed by atoms with Crippen LogP contribution in [0.5, 0.6) is 0 Å². The molecule has 0 aliphatic heterocycles. The second-order valence-electron chi connectivity index (χ2n) is 2.67. The van der Waals surface area contributed by atoms with Gasteiger partial charge < -0.3 is 10.2 Å². The number of aliphatic hydroxyl groups excluding tert-OH is 2. The van der Waals surface area contributed by atoms with Crippen molar-refractivity contribution < 1.29 is 14.6 Å². The van der Waals surface area contributed by atoms with Crippen molar-refractivity contribution in [2.24, 2.45) is 0 Å². The van der Waals surface area contributed by atoms with E-state index in [2.05, 4.69) is 0 Å². The van der Waals surface area contributed by atoms with Crippen LogP contribution in [0.3, 0.4) is 0 Å². The summed E-state index contributed by atoms with van der Waals surface area (Å²) < 4.78 is 13.5. The minimum Gasteiger partial charge on any atom is -0.396 e. The molecule has 0 aromatic heterocycles. The summed E-state index contributed by atoms with van der Waals surface area (Å²) in [6, 6.07) is 2.96. The molecule has 0 atom stereocenters. The van der Waals surface area contributed by atoms with Gasteiger partial charge >= 0.3 is 0 Å². The second kappa shape index (κ2) is 4.88. The van der Waals surface area contributed by atoms with E-state index in [9.17, 15) is 4.39 Å². The maximum absolute atomic E-state index is 13.0. The summed E-state index contributed by atoms with van der Waals surface area (Å²) in [5, 5.41) is 17.6. The fraction of sp³-hybridized carbons (Fsp3) is 0.333. The van der Waals surface area contributed by atoms with Gasteiger partial charge in [0.1, 0.15) is 5.82 Å². The number of hydrogen-bond acceptors (Lipinski definition) is 2. The second-order valence-corrected chi connectivity index (χ2v) is 3.83. The number of benzene rings is 1. The molecule has 0 fully saturated rings. The zero-order valence-electron chi connectivity index (χ0n) is 6.93. The van der Waals surface area contributed by atoms with Gasteiger partial charge in [0.2, 0.25) is 0 Å². The molecule has 72 valence electrons. The largest absolute Gasteiger partial charge is 0.396 e. The third-order valence-corrected chi connectivity index (χ3v) is 2.62. The molecule has 1 aromatic rings. The first kappa shape index (κ1) is 10.9. The van der Waals surface area contributed by atoms with Crippen LogP contribution in [0.25, 0.3) is 0 Å².